The maximum atomic E-state index is 5.94. The molecule has 0 saturated heterocycles. The third-order valence-electron chi connectivity index (χ3n) is 3.96. The van der Waals surface area contributed by atoms with Crippen molar-refractivity contribution in [1.82, 2.24) is 25.1 Å². The van der Waals surface area contributed by atoms with Crippen molar-refractivity contribution in [2.75, 3.05) is 4.90 Å². The molecule has 0 saturated carbocycles. The smallest absolute Gasteiger partial charge is 0.319 e. The van der Waals surface area contributed by atoms with Gasteiger partial charge in [0.1, 0.15) is 5.52 Å². The van der Waals surface area contributed by atoms with Crippen molar-refractivity contribution in [2.45, 2.75) is 19.5 Å². The molecule has 1 atom stereocenters. The Labute approximate surface area is 130 Å². The van der Waals surface area contributed by atoms with Crippen LogP contribution in [0.25, 0.3) is 11.1 Å². The molecule has 1 N–H and O–H groups in total. The fourth-order valence-corrected chi connectivity index (χ4v) is 2.94. The molecule has 0 fully saturated rings. The van der Waals surface area contributed by atoms with Crippen LogP contribution in [0, 0.1) is 6.92 Å². The van der Waals surface area contributed by atoms with Gasteiger partial charge in [-0.15, -0.1) is 5.10 Å². The van der Waals surface area contributed by atoms with Crippen LogP contribution in [0.1, 0.15) is 29.2 Å². The zero-order valence-electron chi connectivity index (χ0n) is 12.2. The number of H-pyrrole nitrogens is 1. The second-order valence-electron chi connectivity index (χ2n) is 5.42. The van der Waals surface area contributed by atoms with Gasteiger partial charge in [-0.05, 0) is 12.1 Å². The number of aromatic nitrogens is 5. The molecule has 1 aliphatic heterocycles. The molecule has 3 aromatic heterocycles. The molecule has 1 aliphatic rings. The molecule has 8 nitrogen and oxygen atoms in total. The standard InChI is InChI=1S/C15H12N6O2/c1-8-19-20-15(22-8)21-6-10-12(17-7-16-10)13(21)14-18-9-4-2-3-5-11(9)23-14/h2-5,7,13H,6H2,1H3,(H,16,17)/t13-/m1/s1. The molecular weight excluding hydrogens is 296 g/mol. The average molecular weight is 308 g/mol. The topological polar surface area (TPSA) is 96.9 Å². The minimum atomic E-state index is -0.288. The SMILES string of the molecule is Cc1nnc(N2Cc3[nH]cnc3[C@@H]2c2nc3ccccc3o2)o1. The molecule has 0 bridgehead atoms. The van der Waals surface area contributed by atoms with E-state index >= 15 is 0 Å². The van der Waals surface area contributed by atoms with Gasteiger partial charge in [0.2, 0.25) is 11.8 Å². The van der Waals surface area contributed by atoms with Crippen LogP contribution < -0.4 is 4.90 Å². The van der Waals surface area contributed by atoms with Crippen LogP contribution in [-0.2, 0) is 6.54 Å². The first-order valence-corrected chi connectivity index (χ1v) is 7.24. The lowest BCUT2D eigenvalue weighted by Crippen LogP contribution is -2.23. The van der Waals surface area contributed by atoms with E-state index in [1.165, 1.54) is 0 Å². The highest BCUT2D eigenvalue weighted by Gasteiger charge is 2.40. The molecule has 1 aromatic carbocycles. The van der Waals surface area contributed by atoms with Crippen LogP contribution in [0.15, 0.2) is 39.4 Å². The number of fused-ring (bicyclic) bond motifs is 2. The van der Waals surface area contributed by atoms with Crippen LogP contribution >= 0.6 is 0 Å². The van der Waals surface area contributed by atoms with E-state index < -0.39 is 0 Å². The maximum absolute atomic E-state index is 5.94. The van der Waals surface area contributed by atoms with Gasteiger partial charge in [-0.25, -0.2) is 9.97 Å². The Bertz CT molecular complexity index is 967. The zero-order chi connectivity index (χ0) is 15.4. The Morgan fingerprint density at radius 1 is 1.22 bits per heavy atom. The molecular formula is C15H12N6O2. The lowest BCUT2D eigenvalue weighted by atomic mass is 10.2. The van der Waals surface area contributed by atoms with Crippen LogP contribution in [-0.4, -0.2) is 25.1 Å². The molecule has 0 aliphatic carbocycles. The lowest BCUT2D eigenvalue weighted by Gasteiger charge is -2.19. The molecule has 0 unspecified atom stereocenters. The molecule has 5 rings (SSSR count). The predicted molar refractivity (Wildman–Crippen MR) is 79.7 cm³/mol. The van der Waals surface area contributed by atoms with Gasteiger partial charge >= 0.3 is 6.01 Å². The lowest BCUT2D eigenvalue weighted by molar-refractivity contribution is 0.454. The van der Waals surface area contributed by atoms with E-state index in [0.717, 1.165) is 22.5 Å². The van der Waals surface area contributed by atoms with E-state index in [4.69, 9.17) is 8.83 Å². The first-order valence-electron chi connectivity index (χ1n) is 7.24. The highest BCUT2D eigenvalue weighted by atomic mass is 16.4. The summed E-state index contributed by atoms with van der Waals surface area (Å²) < 4.78 is 11.5. The molecule has 4 aromatic rings. The summed E-state index contributed by atoms with van der Waals surface area (Å²) in [5.74, 6) is 1.08. The van der Waals surface area contributed by atoms with E-state index in [-0.39, 0.29) is 6.04 Å². The van der Waals surface area contributed by atoms with Gasteiger partial charge in [0.15, 0.2) is 11.6 Å². The third kappa shape index (κ3) is 1.78. The number of oxazole rings is 1. The molecule has 0 spiro atoms. The Hall–Kier alpha value is -3.16. The average Bonchev–Trinajstić information content (AvgIpc) is 3.28. The summed E-state index contributed by atoms with van der Waals surface area (Å²) in [6.07, 6.45) is 1.68. The molecule has 23 heavy (non-hydrogen) atoms. The highest BCUT2D eigenvalue weighted by Crippen LogP contribution is 2.39. The summed E-state index contributed by atoms with van der Waals surface area (Å²) in [6, 6.07) is 7.81. The number of rotatable bonds is 2. The van der Waals surface area contributed by atoms with Crippen LogP contribution in [0.5, 0.6) is 0 Å². The number of para-hydroxylation sites is 2. The van der Waals surface area contributed by atoms with Gasteiger partial charge in [0.25, 0.3) is 0 Å². The highest BCUT2D eigenvalue weighted by molar-refractivity contribution is 5.72. The quantitative estimate of drug-likeness (QED) is 0.607. The van der Waals surface area contributed by atoms with Gasteiger partial charge in [-0.2, -0.15) is 0 Å². The van der Waals surface area contributed by atoms with Gasteiger partial charge in [0.05, 0.1) is 24.3 Å². The Morgan fingerprint density at radius 3 is 2.96 bits per heavy atom. The van der Waals surface area contributed by atoms with Crippen molar-refractivity contribution in [3.8, 4) is 0 Å². The van der Waals surface area contributed by atoms with Gasteiger partial charge in [-0.3, -0.25) is 0 Å². The molecule has 114 valence electrons. The summed E-state index contributed by atoms with van der Waals surface area (Å²) in [5, 5.41) is 8.03. The first kappa shape index (κ1) is 12.4. The number of hydrogen-bond donors (Lipinski definition) is 1. The van der Waals surface area contributed by atoms with E-state index in [1.807, 2.05) is 29.2 Å². The fourth-order valence-electron chi connectivity index (χ4n) is 2.94. The predicted octanol–water partition coefficient (Wildman–Crippen LogP) is 2.35. The van der Waals surface area contributed by atoms with Crippen molar-refractivity contribution < 1.29 is 8.83 Å². The first-order chi connectivity index (χ1) is 11.3. The summed E-state index contributed by atoms with van der Waals surface area (Å²) >= 11 is 0. The second kappa shape index (κ2) is 4.42. The van der Waals surface area contributed by atoms with Gasteiger partial charge < -0.3 is 18.7 Å². The Kier molecular flexibility index (Phi) is 2.38. The zero-order valence-corrected chi connectivity index (χ0v) is 12.2. The fraction of sp³-hybridized carbons (Fsp3) is 0.200. The van der Waals surface area contributed by atoms with Crippen LogP contribution in [0.3, 0.4) is 0 Å². The van der Waals surface area contributed by atoms with Crippen molar-refractivity contribution in [3.05, 3.63) is 53.8 Å². The van der Waals surface area contributed by atoms with E-state index in [1.54, 1.807) is 13.3 Å². The van der Waals surface area contributed by atoms with Gasteiger partial charge in [-0.1, -0.05) is 17.2 Å². The summed E-state index contributed by atoms with van der Waals surface area (Å²) in [7, 11) is 0. The Morgan fingerprint density at radius 2 is 2.13 bits per heavy atom. The number of nitrogens with one attached hydrogen (secondary N) is 1. The molecule has 4 heterocycles. The summed E-state index contributed by atoms with van der Waals surface area (Å²) in [5.41, 5.74) is 3.42. The minimum Gasteiger partial charge on any atom is -0.438 e. The molecule has 8 heteroatoms. The second-order valence-corrected chi connectivity index (χ2v) is 5.42. The third-order valence-corrected chi connectivity index (χ3v) is 3.96. The molecule has 0 radical (unpaired) electrons. The number of benzene rings is 1. The van der Waals surface area contributed by atoms with Crippen molar-refractivity contribution in [3.63, 3.8) is 0 Å². The molecule has 0 amide bonds. The summed E-state index contributed by atoms with van der Waals surface area (Å²) in [4.78, 5) is 14.1. The van der Waals surface area contributed by atoms with Gasteiger partial charge in [0, 0.05) is 6.92 Å². The van der Waals surface area contributed by atoms with E-state index in [9.17, 15) is 0 Å². The largest absolute Gasteiger partial charge is 0.438 e. The number of imidazole rings is 1. The van der Waals surface area contributed by atoms with E-state index in [0.29, 0.717) is 24.3 Å². The summed E-state index contributed by atoms with van der Waals surface area (Å²) in [6.45, 7) is 2.35. The monoisotopic (exact) mass is 308 g/mol. The maximum Gasteiger partial charge on any atom is 0.319 e. The Balaban J connectivity index is 1.67. The van der Waals surface area contributed by atoms with Crippen LogP contribution in [0.4, 0.5) is 6.01 Å². The number of anilines is 1. The minimum absolute atomic E-state index is 0.288. The van der Waals surface area contributed by atoms with Crippen molar-refractivity contribution >= 4 is 17.1 Å². The van der Waals surface area contributed by atoms with E-state index in [2.05, 4.69) is 25.1 Å². The number of aryl methyl sites for hydroxylation is 1. The normalized spacial score (nSPS) is 17.1. The van der Waals surface area contributed by atoms with Crippen molar-refractivity contribution in [1.29, 1.82) is 0 Å². The van der Waals surface area contributed by atoms with Crippen LogP contribution in [0.2, 0.25) is 0 Å². The number of hydrogen-bond acceptors (Lipinski definition) is 7. The number of aromatic amines is 1. The number of nitrogens with zero attached hydrogens (tertiary/aromatic N) is 5. The van der Waals surface area contributed by atoms with Crippen molar-refractivity contribution in [2.24, 2.45) is 0 Å².